The van der Waals surface area contributed by atoms with Crippen LogP contribution in [0.25, 0.3) is 10.8 Å². The highest BCUT2D eigenvalue weighted by molar-refractivity contribution is 7.89. The van der Waals surface area contributed by atoms with Gasteiger partial charge in [-0.3, -0.25) is 4.90 Å². The molecule has 1 saturated heterocycles. The largest absolute Gasteiger partial charge is 0.335 e. The number of benzene rings is 2. The van der Waals surface area contributed by atoms with Crippen molar-refractivity contribution < 1.29 is 13.2 Å². The molecule has 2 amide bonds. The maximum Gasteiger partial charge on any atom is 0.317 e. The van der Waals surface area contributed by atoms with Crippen molar-refractivity contribution in [3.05, 3.63) is 54.1 Å². The van der Waals surface area contributed by atoms with Gasteiger partial charge < -0.3 is 10.2 Å². The van der Waals surface area contributed by atoms with E-state index in [1.54, 1.807) is 16.4 Å². The van der Waals surface area contributed by atoms with Crippen molar-refractivity contribution in [2.75, 3.05) is 45.8 Å². The molecule has 2 unspecified atom stereocenters. The number of carbonyl (C=O) groups excluding carboxylic acids is 1. The molecule has 1 heterocycles. The van der Waals surface area contributed by atoms with Gasteiger partial charge in [0.1, 0.15) is 0 Å². The third-order valence-electron chi connectivity index (χ3n) is 10.6. The van der Waals surface area contributed by atoms with E-state index in [0.29, 0.717) is 55.5 Å². The van der Waals surface area contributed by atoms with Crippen LogP contribution in [0.15, 0.2) is 59.0 Å². The predicted octanol–water partition coefficient (Wildman–Crippen LogP) is 5.48. The number of nitrogens with zero attached hydrogens (tertiary/aromatic N) is 3. The maximum atomic E-state index is 13.6. The molecule has 1 N–H and O–H groups in total. The molecule has 2 aromatic carbocycles. The Kier molecular flexibility index (Phi) is 8.18. The van der Waals surface area contributed by atoms with Gasteiger partial charge in [-0.15, -0.1) is 0 Å². The number of nitrogens with one attached hydrogen (secondary N) is 1. The summed E-state index contributed by atoms with van der Waals surface area (Å²) < 4.78 is 28.5. The van der Waals surface area contributed by atoms with Gasteiger partial charge in [0, 0.05) is 51.9 Å². The molecule has 3 fully saturated rings. The van der Waals surface area contributed by atoms with Crippen molar-refractivity contribution in [1.82, 2.24) is 19.4 Å². The first kappa shape index (κ1) is 28.7. The molecule has 2 bridgehead atoms. The van der Waals surface area contributed by atoms with E-state index >= 15 is 0 Å². The van der Waals surface area contributed by atoms with E-state index in [9.17, 15) is 13.2 Å². The Morgan fingerprint density at radius 2 is 1.73 bits per heavy atom. The molecule has 1 aliphatic heterocycles. The summed E-state index contributed by atoms with van der Waals surface area (Å²) in [6.45, 7) is 9.16. The summed E-state index contributed by atoms with van der Waals surface area (Å²) in [6, 6.07) is 13.6. The van der Waals surface area contributed by atoms with Crippen LogP contribution in [0.3, 0.4) is 0 Å². The van der Waals surface area contributed by atoms with Crippen molar-refractivity contribution in [3.63, 3.8) is 0 Å². The van der Waals surface area contributed by atoms with Gasteiger partial charge in [-0.1, -0.05) is 75.1 Å². The lowest BCUT2D eigenvalue weighted by Crippen LogP contribution is -2.54. The smallest absolute Gasteiger partial charge is 0.317 e. The molecule has 8 heteroatoms. The summed E-state index contributed by atoms with van der Waals surface area (Å²) in [5.74, 6) is 1.36. The van der Waals surface area contributed by atoms with Crippen LogP contribution in [0, 0.1) is 17.3 Å². The second-order valence-electron chi connectivity index (χ2n) is 13.3. The van der Waals surface area contributed by atoms with Crippen molar-refractivity contribution >= 4 is 26.8 Å². The van der Waals surface area contributed by atoms with Crippen LogP contribution >= 0.6 is 0 Å². The molecule has 2 aromatic rings. The number of hydrogen-bond acceptors (Lipinski definition) is 4. The third-order valence-corrected chi connectivity index (χ3v) is 12.4. The quantitative estimate of drug-likeness (QED) is 0.421. The fourth-order valence-corrected chi connectivity index (χ4v) is 9.03. The zero-order chi connectivity index (χ0) is 28.6. The van der Waals surface area contributed by atoms with Crippen LogP contribution in [-0.4, -0.2) is 80.4 Å². The van der Waals surface area contributed by atoms with Gasteiger partial charge >= 0.3 is 6.03 Å². The van der Waals surface area contributed by atoms with Crippen molar-refractivity contribution in [2.45, 2.75) is 69.7 Å². The molecule has 2 saturated carbocycles. The highest BCUT2D eigenvalue weighted by Crippen LogP contribution is 2.59. The topological polar surface area (TPSA) is 73.0 Å². The van der Waals surface area contributed by atoms with Crippen LogP contribution in [0.5, 0.6) is 0 Å². The first-order valence-electron chi connectivity index (χ1n) is 15.7. The number of amides is 2. The summed E-state index contributed by atoms with van der Waals surface area (Å²) >= 11 is 0. The Labute approximate surface area is 246 Å². The number of rotatable bonds is 8. The van der Waals surface area contributed by atoms with E-state index in [1.165, 1.54) is 31.3 Å². The van der Waals surface area contributed by atoms with Gasteiger partial charge in [-0.25, -0.2) is 13.2 Å². The van der Waals surface area contributed by atoms with Crippen LogP contribution < -0.4 is 5.32 Å². The molecular formula is C33H46N4O3S. The zero-order valence-electron chi connectivity index (χ0n) is 24.7. The fourth-order valence-electron chi connectivity index (χ4n) is 7.57. The maximum absolute atomic E-state index is 13.6. The molecular weight excluding hydrogens is 532 g/mol. The van der Waals surface area contributed by atoms with Crippen molar-refractivity contribution in [2.24, 2.45) is 17.3 Å². The molecule has 0 spiro atoms. The highest BCUT2D eigenvalue weighted by atomic mass is 32.2. The Morgan fingerprint density at radius 1 is 1.00 bits per heavy atom. The van der Waals surface area contributed by atoms with Crippen LogP contribution in [-0.2, 0) is 10.0 Å². The van der Waals surface area contributed by atoms with Gasteiger partial charge in [0.2, 0.25) is 10.0 Å². The third kappa shape index (κ3) is 5.93. The number of carbonyl (C=O) groups is 1. The van der Waals surface area contributed by atoms with Crippen LogP contribution in [0.1, 0.15) is 58.8 Å². The first-order valence-corrected chi connectivity index (χ1v) is 17.1. The summed E-state index contributed by atoms with van der Waals surface area (Å²) in [4.78, 5) is 18.3. The van der Waals surface area contributed by atoms with E-state index in [0.717, 1.165) is 42.5 Å². The van der Waals surface area contributed by atoms with Crippen LogP contribution in [0.2, 0.25) is 0 Å². The van der Waals surface area contributed by atoms with Gasteiger partial charge in [0.25, 0.3) is 0 Å². The van der Waals surface area contributed by atoms with E-state index in [1.807, 2.05) is 35.2 Å². The van der Waals surface area contributed by atoms with Gasteiger partial charge in [0.15, 0.2) is 0 Å². The second-order valence-corrected chi connectivity index (χ2v) is 15.2. The minimum atomic E-state index is -3.55. The minimum absolute atomic E-state index is 0.0644. The number of sulfonamides is 1. The fraction of sp³-hybridized carbons (Fsp3) is 0.606. The number of fused-ring (bicyclic) bond motifs is 2. The van der Waals surface area contributed by atoms with Crippen molar-refractivity contribution in [1.29, 1.82) is 0 Å². The van der Waals surface area contributed by atoms with Gasteiger partial charge in [-0.2, -0.15) is 4.31 Å². The number of urea groups is 1. The molecule has 7 rings (SSSR count). The number of allylic oxidation sites excluding steroid dienone is 1. The SMILES string of the molecule is CC1(C)C2CC=C(CN(CCN3CCN(S(=O)(=O)c4ccc5ccccc5c4)CC3)C(=O)NC3CCCCC3)C1C2. The molecule has 2 atom stereocenters. The average Bonchev–Trinajstić information content (AvgIpc) is 2.99. The summed E-state index contributed by atoms with van der Waals surface area (Å²) in [5.41, 5.74) is 1.77. The Morgan fingerprint density at radius 3 is 2.44 bits per heavy atom. The summed E-state index contributed by atoms with van der Waals surface area (Å²) in [5, 5.41) is 5.33. The molecule has 41 heavy (non-hydrogen) atoms. The average molecular weight is 579 g/mol. The molecule has 4 aliphatic carbocycles. The van der Waals surface area contributed by atoms with E-state index in [4.69, 9.17) is 0 Å². The summed E-state index contributed by atoms with van der Waals surface area (Å²) in [7, 11) is -3.55. The highest BCUT2D eigenvalue weighted by Gasteiger charge is 2.51. The monoisotopic (exact) mass is 578 g/mol. The molecule has 7 nitrogen and oxygen atoms in total. The second kappa shape index (κ2) is 11.7. The van der Waals surface area contributed by atoms with Gasteiger partial charge in [0.05, 0.1) is 4.90 Å². The van der Waals surface area contributed by atoms with E-state index in [-0.39, 0.29) is 12.1 Å². The molecule has 5 aliphatic rings. The number of hydrogen-bond donors (Lipinski definition) is 1. The number of piperazine rings is 1. The van der Waals surface area contributed by atoms with E-state index < -0.39 is 10.0 Å². The van der Waals surface area contributed by atoms with E-state index in [2.05, 4.69) is 30.1 Å². The van der Waals surface area contributed by atoms with Crippen LogP contribution in [0.4, 0.5) is 4.79 Å². The Bertz CT molecular complexity index is 1390. The lowest BCUT2D eigenvalue weighted by molar-refractivity contribution is -0.00985. The Hall–Kier alpha value is -2.42. The standard InChI is InChI=1S/C33H46N4O3S/c1-33(2)28-14-12-27(31(33)23-28)24-36(32(38)34-29-10-4-3-5-11-29)19-16-35-17-20-37(21-18-35)41(39,40)30-15-13-25-8-6-7-9-26(25)22-30/h6-9,12-13,15,22,28-29,31H,3-5,10-11,14,16-21,23-24H2,1-2H3,(H,34,38). The molecule has 222 valence electrons. The predicted molar refractivity (Wildman–Crippen MR) is 164 cm³/mol. The minimum Gasteiger partial charge on any atom is -0.335 e. The lowest BCUT2D eigenvalue weighted by atomic mass is 9.49. The lowest BCUT2D eigenvalue weighted by Gasteiger charge is -2.57. The molecule has 0 aromatic heterocycles. The van der Waals surface area contributed by atoms with Gasteiger partial charge in [-0.05, 0) is 65.8 Å². The molecule has 0 radical (unpaired) electrons. The zero-order valence-corrected chi connectivity index (χ0v) is 25.5. The van der Waals surface area contributed by atoms with Crippen molar-refractivity contribution in [3.8, 4) is 0 Å². The Balaban J connectivity index is 1.07. The first-order chi connectivity index (χ1) is 19.7. The summed E-state index contributed by atoms with van der Waals surface area (Å²) in [6.07, 6.45) is 10.6. The normalized spacial score (nSPS) is 25.4.